The first-order chi connectivity index (χ1) is 17.4. The molecule has 0 saturated heterocycles. The van der Waals surface area contributed by atoms with E-state index in [0.717, 1.165) is 16.7 Å². The zero-order valence-corrected chi connectivity index (χ0v) is 21.1. The van der Waals surface area contributed by atoms with Crippen LogP contribution in [0.4, 0.5) is 0 Å². The highest BCUT2D eigenvalue weighted by Gasteiger charge is 2.36. The number of hydrazone groups is 1. The number of ether oxygens (including phenoxy) is 2. The molecule has 180 valence electrons. The van der Waals surface area contributed by atoms with Crippen LogP contribution in [-0.2, 0) is 11.4 Å². The molecule has 2 aliphatic rings. The van der Waals surface area contributed by atoms with Gasteiger partial charge in [0.2, 0.25) is 5.17 Å². The summed E-state index contributed by atoms with van der Waals surface area (Å²) in [5.41, 5.74) is 3.71. The summed E-state index contributed by atoms with van der Waals surface area (Å²) in [6.45, 7) is 2.30. The molecule has 0 atom stereocenters. The van der Waals surface area contributed by atoms with E-state index in [1.807, 2.05) is 55.5 Å². The number of amidine groups is 2. The minimum absolute atomic E-state index is 0.0300. The summed E-state index contributed by atoms with van der Waals surface area (Å²) in [6.07, 6.45) is 1.61. The number of nitrogens with zero attached hydrogens (tertiary/aromatic N) is 3. The van der Waals surface area contributed by atoms with Crippen molar-refractivity contribution in [1.29, 1.82) is 5.41 Å². The van der Waals surface area contributed by atoms with Gasteiger partial charge in [-0.1, -0.05) is 65.7 Å². The fraction of sp³-hybridized carbons (Fsp3) is 0.111. The van der Waals surface area contributed by atoms with E-state index >= 15 is 0 Å². The smallest absolute Gasteiger partial charge is 0.283 e. The lowest BCUT2D eigenvalue weighted by Crippen LogP contribution is -2.35. The summed E-state index contributed by atoms with van der Waals surface area (Å²) in [7, 11) is 1.54. The molecule has 0 fully saturated rings. The highest BCUT2D eigenvalue weighted by molar-refractivity contribution is 8.27. The van der Waals surface area contributed by atoms with E-state index in [9.17, 15) is 4.79 Å². The molecule has 2 aliphatic heterocycles. The summed E-state index contributed by atoms with van der Waals surface area (Å²) in [4.78, 5) is 17.0. The average Bonchev–Trinajstić information content (AvgIpc) is 3.31. The number of halogens is 1. The SMILES string of the molecule is COc1cc(/C=C2/C(=N)N3N=C(c4ccc(C)cc4)SC3=NC2=O)ccc1OCc1ccccc1Cl. The van der Waals surface area contributed by atoms with Gasteiger partial charge in [-0.2, -0.15) is 15.1 Å². The van der Waals surface area contributed by atoms with Crippen molar-refractivity contribution in [3.05, 3.63) is 99.6 Å². The van der Waals surface area contributed by atoms with Gasteiger partial charge in [-0.3, -0.25) is 10.2 Å². The molecule has 0 aliphatic carbocycles. The quantitative estimate of drug-likeness (QED) is 0.412. The third-order valence-electron chi connectivity index (χ3n) is 5.59. The van der Waals surface area contributed by atoms with Crippen LogP contribution >= 0.6 is 23.4 Å². The molecule has 3 aromatic carbocycles. The Kier molecular flexibility index (Phi) is 6.63. The third kappa shape index (κ3) is 4.78. The summed E-state index contributed by atoms with van der Waals surface area (Å²) in [5, 5.41) is 16.2. The van der Waals surface area contributed by atoms with Gasteiger partial charge in [0.1, 0.15) is 11.7 Å². The van der Waals surface area contributed by atoms with Gasteiger partial charge in [0.25, 0.3) is 5.91 Å². The lowest BCUT2D eigenvalue weighted by molar-refractivity contribution is -0.114. The van der Waals surface area contributed by atoms with Crippen LogP contribution in [0.3, 0.4) is 0 Å². The average molecular weight is 517 g/mol. The van der Waals surface area contributed by atoms with Crippen LogP contribution in [-0.4, -0.2) is 34.1 Å². The largest absolute Gasteiger partial charge is 0.493 e. The van der Waals surface area contributed by atoms with Gasteiger partial charge in [0, 0.05) is 16.1 Å². The second-order valence-electron chi connectivity index (χ2n) is 8.08. The number of carbonyl (C=O) groups excluding carboxylic acids is 1. The summed E-state index contributed by atoms with van der Waals surface area (Å²) in [5.74, 6) is 0.509. The van der Waals surface area contributed by atoms with Gasteiger partial charge in [-0.15, -0.1) is 0 Å². The standard InChI is InChI=1S/C27H21ClN4O3S/c1-16-7-10-18(11-8-16)26-31-32-24(29)20(25(33)30-27(32)36-26)13-17-9-12-22(23(14-17)34-2)35-15-19-5-3-4-6-21(19)28/h3-14,29H,15H2,1-2H3/b20-13-,29-24?. The Morgan fingerprint density at radius 1 is 1.08 bits per heavy atom. The van der Waals surface area contributed by atoms with Crippen LogP contribution < -0.4 is 9.47 Å². The molecule has 0 unspecified atom stereocenters. The number of fused-ring (bicyclic) bond motifs is 1. The lowest BCUT2D eigenvalue weighted by atomic mass is 10.1. The van der Waals surface area contributed by atoms with Gasteiger partial charge in [0.15, 0.2) is 17.3 Å². The van der Waals surface area contributed by atoms with Crippen molar-refractivity contribution < 1.29 is 14.3 Å². The van der Waals surface area contributed by atoms with Crippen LogP contribution in [0, 0.1) is 12.3 Å². The fourth-order valence-electron chi connectivity index (χ4n) is 3.64. The number of hydrogen-bond acceptors (Lipinski definition) is 6. The van der Waals surface area contributed by atoms with Crippen LogP contribution in [0.5, 0.6) is 11.5 Å². The number of rotatable bonds is 6. The number of thioether (sulfide) groups is 1. The molecular formula is C27H21ClN4O3S. The minimum atomic E-state index is -0.489. The monoisotopic (exact) mass is 516 g/mol. The summed E-state index contributed by atoms with van der Waals surface area (Å²) in [6, 6.07) is 20.7. The maximum Gasteiger partial charge on any atom is 0.283 e. The minimum Gasteiger partial charge on any atom is -0.493 e. The Morgan fingerprint density at radius 3 is 2.61 bits per heavy atom. The third-order valence-corrected chi connectivity index (χ3v) is 6.92. The van der Waals surface area contributed by atoms with E-state index < -0.39 is 5.91 Å². The van der Waals surface area contributed by atoms with Crippen molar-refractivity contribution >= 4 is 51.4 Å². The van der Waals surface area contributed by atoms with E-state index in [2.05, 4.69) is 10.1 Å². The second-order valence-corrected chi connectivity index (χ2v) is 9.44. The maximum absolute atomic E-state index is 12.8. The predicted octanol–water partition coefficient (Wildman–Crippen LogP) is 5.90. The van der Waals surface area contributed by atoms with Crippen molar-refractivity contribution in [3.8, 4) is 11.5 Å². The van der Waals surface area contributed by atoms with E-state index in [4.69, 9.17) is 26.5 Å². The van der Waals surface area contributed by atoms with Gasteiger partial charge in [-0.05, 0) is 48.5 Å². The topological polar surface area (TPSA) is 87.3 Å². The van der Waals surface area contributed by atoms with Crippen LogP contribution in [0.15, 0.2) is 82.4 Å². The van der Waals surface area contributed by atoms with Gasteiger partial charge < -0.3 is 9.47 Å². The van der Waals surface area contributed by atoms with Crippen LogP contribution in [0.25, 0.3) is 6.08 Å². The molecule has 0 aromatic heterocycles. The van der Waals surface area contributed by atoms with E-state index in [-0.39, 0.29) is 18.0 Å². The number of aliphatic imine (C=N–C) groups is 1. The van der Waals surface area contributed by atoms with Crippen molar-refractivity contribution in [2.75, 3.05) is 7.11 Å². The number of methoxy groups -OCH3 is 1. The predicted molar refractivity (Wildman–Crippen MR) is 144 cm³/mol. The highest BCUT2D eigenvalue weighted by atomic mass is 35.5. The van der Waals surface area contributed by atoms with Crippen LogP contribution in [0.1, 0.15) is 22.3 Å². The van der Waals surface area contributed by atoms with Crippen molar-refractivity contribution in [2.24, 2.45) is 10.1 Å². The number of nitrogens with one attached hydrogen (secondary N) is 1. The van der Waals surface area contributed by atoms with Gasteiger partial charge in [-0.25, -0.2) is 0 Å². The molecule has 1 amide bonds. The normalized spacial score (nSPS) is 16.1. The number of aryl methyl sites for hydroxylation is 1. The molecule has 1 N–H and O–H groups in total. The van der Waals surface area contributed by atoms with Gasteiger partial charge >= 0.3 is 0 Å². The molecule has 0 radical (unpaired) electrons. The first kappa shape index (κ1) is 23.8. The number of hydrogen-bond donors (Lipinski definition) is 1. The molecular weight excluding hydrogens is 496 g/mol. The molecule has 2 heterocycles. The van der Waals surface area contributed by atoms with Crippen molar-refractivity contribution in [1.82, 2.24) is 5.01 Å². The molecule has 7 nitrogen and oxygen atoms in total. The molecule has 0 spiro atoms. The van der Waals surface area contributed by atoms with E-state index in [0.29, 0.717) is 32.3 Å². The van der Waals surface area contributed by atoms with Crippen molar-refractivity contribution in [3.63, 3.8) is 0 Å². The first-order valence-corrected chi connectivity index (χ1v) is 12.2. The zero-order chi connectivity index (χ0) is 25.2. The maximum atomic E-state index is 12.8. The fourth-order valence-corrected chi connectivity index (χ4v) is 4.72. The Morgan fingerprint density at radius 2 is 1.86 bits per heavy atom. The van der Waals surface area contributed by atoms with Crippen molar-refractivity contribution in [2.45, 2.75) is 13.5 Å². The van der Waals surface area contributed by atoms with Gasteiger partial charge in [0.05, 0.1) is 12.7 Å². The van der Waals surface area contributed by atoms with Crippen LogP contribution in [0.2, 0.25) is 5.02 Å². The highest BCUT2D eigenvalue weighted by Crippen LogP contribution is 2.33. The van der Waals surface area contributed by atoms with E-state index in [1.165, 1.54) is 16.8 Å². The van der Waals surface area contributed by atoms with E-state index in [1.54, 1.807) is 31.4 Å². The summed E-state index contributed by atoms with van der Waals surface area (Å²) < 4.78 is 11.4. The number of amides is 1. The Bertz CT molecular complexity index is 1460. The molecule has 0 bridgehead atoms. The number of benzene rings is 3. The zero-order valence-electron chi connectivity index (χ0n) is 19.5. The molecule has 3 aromatic rings. The lowest BCUT2D eigenvalue weighted by Gasteiger charge is -2.20. The number of carbonyl (C=O) groups is 1. The summed E-state index contributed by atoms with van der Waals surface area (Å²) >= 11 is 7.49. The first-order valence-electron chi connectivity index (χ1n) is 11.0. The Hall–Kier alpha value is -3.88. The second kappa shape index (κ2) is 10.0. The Balaban J connectivity index is 1.38. The molecule has 9 heteroatoms. The molecule has 5 rings (SSSR count). The molecule has 36 heavy (non-hydrogen) atoms. The Labute approximate surface area is 217 Å². The molecule has 0 saturated carbocycles.